The van der Waals surface area contributed by atoms with Gasteiger partial charge in [-0.15, -0.1) is 11.7 Å². The van der Waals surface area contributed by atoms with Gasteiger partial charge in [-0.25, -0.2) is 0 Å². The maximum Gasteiger partial charge on any atom is 0.176 e. The summed E-state index contributed by atoms with van der Waals surface area (Å²) in [7, 11) is 0. The number of hydrogen-bond donors (Lipinski definition) is 2. The standard InChI is InChI=1S/C18H16N4O/c1-2-6-13-8-5-9-15(17(13)23)12-20-22-18-16-10-4-3-7-14(16)11-19-21-18/h2-5,7-12,23H,1,6H2,(H,21,22). The van der Waals surface area contributed by atoms with Crippen molar-refractivity contribution >= 4 is 22.8 Å². The van der Waals surface area contributed by atoms with Gasteiger partial charge in [-0.1, -0.05) is 42.5 Å². The Morgan fingerprint density at radius 1 is 1.17 bits per heavy atom. The first-order chi connectivity index (χ1) is 11.3. The first kappa shape index (κ1) is 14.7. The lowest BCUT2D eigenvalue weighted by molar-refractivity contribution is 0.469. The Bertz CT molecular complexity index is 869. The number of para-hydroxylation sites is 1. The highest BCUT2D eigenvalue weighted by Crippen LogP contribution is 2.22. The zero-order valence-electron chi connectivity index (χ0n) is 12.5. The van der Waals surface area contributed by atoms with Crippen molar-refractivity contribution in [2.45, 2.75) is 6.42 Å². The Morgan fingerprint density at radius 2 is 2.04 bits per heavy atom. The first-order valence-electron chi connectivity index (χ1n) is 7.21. The number of phenols is 1. The number of nitrogens with zero attached hydrogens (tertiary/aromatic N) is 3. The molecule has 0 radical (unpaired) electrons. The van der Waals surface area contributed by atoms with E-state index in [0.717, 1.165) is 16.3 Å². The fraction of sp³-hybridized carbons (Fsp3) is 0.0556. The van der Waals surface area contributed by atoms with Gasteiger partial charge >= 0.3 is 0 Å². The molecule has 0 aliphatic heterocycles. The molecule has 3 aromatic rings. The van der Waals surface area contributed by atoms with Crippen LogP contribution >= 0.6 is 0 Å². The summed E-state index contributed by atoms with van der Waals surface area (Å²) < 4.78 is 0. The lowest BCUT2D eigenvalue weighted by Gasteiger charge is -2.05. The smallest absolute Gasteiger partial charge is 0.176 e. The number of rotatable bonds is 5. The molecule has 0 spiro atoms. The molecule has 1 aromatic heterocycles. The molecule has 0 unspecified atom stereocenters. The van der Waals surface area contributed by atoms with Crippen molar-refractivity contribution in [3.63, 3.8) is 0 Å². The molecule has 0 fully saturated rings. The van der Waals surface area contributed by atoms with Crippen LogP contribution in [0.25, 0.3) is 10.8 Å². The summed E-state index contributed by atoms with van der Waals surface area (Å²) in [5.74, 6) is 0.781. The van der Waals surface area contributed by atoms with E-state index in [2.05, 4.69) is 27.3 Å². The number of nitrogens with one attached hydrogen (secondary N) is 1. The second-order valence-corrected chi connectivity index (χ2v) is 5.00. The van der Waals surface area contributed by atoms with Gasteiger partial charge in [-0.3, -0.25) is 5.43 Å². The van der Waals surface area contributed by atoms with Crippen LogP contribution in [0.1, 0.15) is 11.1 Å². The van der Waals surface area contributed by atoms with E-state index in [-0.39, 0.29) is 5.75 Å². The fourth-order valence-electron chi connectivity index (χ4n) is 2.31. The molecule has 0 saturated carbocycles. The van der Waals surface area contributed by atoms with Gasteiger partial charge in [0.1, 0.15) is 5.75 Å². The lowest BCUT2D eigenvalue weighted by atomic mass is 10.1. The highest BCUT2D eigenvalue weighted by Gasteiger charge is 2.04. The number of phenolic OH excluding ortho intramolecular Hbond substituents is 1. The molecule has 114 valence electrons. The Kier molecular flexibility index (Phi) is 4.29. The van der Waals surface area contributed by atoms with Crippen LogP contribution in [0.2, 0.25) is 0 Å². The summed E-state index contributed by atoms with van der Waals surface area (Å²) in [5, 5.41) is 24.3. The van der Waals surface area contributed by atoms with Gasteiger partial charge in [-0.2, -0.15) is 10.2 Å². The van der Waals surface area contributed by atoms with E-state index < -0.39 is 0 Å². The zero-order valence-corrected chi connectivity index (χ0v) is 12.5. The fourth-order valence-corrected chi connectivity index (χ4v) is 2.31. The number of hydrazone groups is 1. The third kappa shape index (κ3) is 3.18. The SMILES string of the molecule is C=CCc1cccc(C=NNc2nncc3ccccc23)c1O. The maximum atomic E-state index is 10.2. The molecule has 5 nitrogen and oxygen atoms in total. The van der Waals surface area contributed by atoms with Crippen LogP contribution in [-0.4, -0.2) is 21.5 Å². The summed E-state index contributed by atoms with van der Waals surface area (Å²) in [5.41, 5.74) is 4.32. The molecule has 0 aliphatic rings. The number of anilines is 1. The third-order valence-electron chi connectivity index (χ3n) is 3.46. The van der Waals surface area contributed by atoms with Gasteiger partial charge in [0, 0.05) is 16.3 Å². The zero-order chi connectivity index (χ0) is 16.1. The average molecular weight is 304 g/mol. The van der Waals surface area contributed by atoms with Crippen molar-refractivity contribution in [1.29, 1.82) is 0 Å². The molecule has 5 heteroatoms. The van der Waals surface area contributed by atoms with E-state index in [1.807, 2.05) is 36.4 Å². The van der Waals surface area contributed by atoms with Crippen LogP contribution in [0.15, 0.2) is 66.4 Å². The topological polar surface area (TPSA) is 70.4 Å². The quantitative estimate of drug-likeness (QED) is 0.430. The van der Waals surface area contributed by atoms with Crippen LogP contribution in [0.5, 0.6) is 5.75 Å². The molecule has 3 rings (SSSR count). The van der Waals surface area contributed by atoms with E-state index in [1.54, 1.807) is 24.6 Å². The normalized spacial score (nSPS) is 11.0. The van der Waals surface area contributed by atoms with E-state index >= 15 is 0 Å². The van der Waals surface area contributed by atoms with Crippen LogP contribution in [0, 0.1) is 0 Å². The first-order valence-corrected chi connectivity index (χ1v) is 7.21. The number of fused-ring (bicyclic) bond motifs is 1. The summed E-state index contributed by atoms with van der Waals surface area (Å²) in [6.07, 6.45) is 5.62. The van der Waals surface area contributed by atoms with Gasteiger partial charge in [0.25, 0.3) is 0 Å². The van der Waals surface area contributed by atoms with Crippen molar-refractivity contribution in [3.8, 4) is 5.75 Å². The van der Waals surface area contributed by atoms with E-state index in [0.29, 0.717) is 17.8 Å². The van der Waals surface area contributed by atoms with Gasteiger partial charge in [0.2, 0.25) is 0 Å². The molecule has 23 heavy (non-hydrogen) atoms. The van der Waals surface area contributed by atoms with Crippen molar-refractivity contribution in [2.24, 2.45) is 5.10 Å². The summed E-state index contributed by atoms with van der Waals surface area (Å²) in [6, 6.07) is 13.3. The molecule has 0 bridgehead atoms. The molecule has 2 aromatic carbocycles. The minimum Gasteiger partial charge on any atom is -0.507 e. The lowest BCUT2D eigenvalue weighted by Crippen LogP contribution is -1.97. The molecular formula is C18H16N4O. The number of aromatic hydroxyl groups is 1. The van der Waals surface area contributed by atoms with Crippen molar-refractivity contribution in [2.75, 3.05) is 5.43 Å². The van der Waals surface area contributed by atoms with E-state index in [4.69, 9.17) is 0 Å². The molecule has 1 heterocycles. The minimum atomic E-state index is 0.210. The Labute approximate surface area is 134 Å². The van der Waals surface area contributed by atoms with Crippen molar-refractivity contribution in [1.82, 2.24) is 10.2 Å². The largest absolute Gasteiger partial charge is 0.507 e. The van der Waals surface area contributed by atoms with Crippen LogP contribution in [-0.2, 0) is 6.42 Å². The number of aromatic nitrogens is 2. The van der Waals surface area contributed by atoms with Crippen LogP contribution in [0.4, 0.5) is 5.82 Å². The monoisotopic (exact) mass is 304 g/mol. The number of benzene rings is 2. The Morgan fingerprint density at radius 3 is 2.91 bits per heavy atom. The van der Waals surface area contributed by atoms with Gasteiger partial charge < -0.3 is 5.11 Å². The van der Waals surface area contributed by atoms with Crippen LogP contribution < -0.4 is 5.43 Å². The number of hydrogen-bond acceptors (Lipinski definition) is 5. The highest BCUT2D eigenvalue weighted by atomic mass is 16.3. The predicted molar refractivity (Wildman–Crippen MR) is 92.8 cm³/mol. The van der Waals surface area contributed by atoms with Gasteiger partial charge in [0.15, 0.2) is 5.82 Å². The maximum absolute atomic E-state index is 10.2. The average Bonchev–Trinajstić information content (AvgIpc) is 2.58. The summed E-state index contributed by atoms with van der Waals surface area (Å²) >= 11 is 0. The molecule has 0 aliphatic carbocycles. The van der Waals surface area contributed by atoms with Crippen LogP contribution in [0.3, 0.4) is 0 Å². The number of allylic oxidation sites excluding steroid dienone is 1. The van der Waals surface area contributed by atoms with E-state index in [9.17, 15) is 5.11 Å². The van der Waals surface area contributed by atoms with Crippen molar-refractivity contribution in [3.05, 3.63) is 72.4 Å². The highest BCUT2D eigenvalue weighted by molar-refractivity contribution is 5.91. The molecule has 0 amide bonds. The summed E-state index contributed by atoms with van der Waals surface area (Å²) in [6.45, 7) is 3.69. The Balaban J connectivity index is 1.84. The second-order valence-electron chi connectivity index (χ2n) is 5.00. The predicted octanol–water partition coefficient (Wildman–Crippen LogP) is 3.51. The third-order valence-corrected chi connectivity index (χ3v) is 3.46. The minimum absolute atomic E-state index is 0.210. The molecule has 2 N–H and O–H groups in total. The van der Waals surface area contributed by atoms with E-state index in [1.165, 1.54) is 0 Å². The van der Waals surface area contributed by atoms with Gasteiger partial charge in [0.05, 0.1) is 12.4 Å². The molecule has 0 saturated heterocycles. The molecule has 0 atom stereocenters. The second kappa shape index (κ2) is 6.70. The van der Waals surface area contributed by atoms with Crippen molar-refractivity contribution < 1.29 is 5.11 Å². The van der Waals surface area contributed by atoms with Gasteiger partial charge in [-0.05, 0) is 18.1 Å². The Hall–Kier alpha value is -3.21. The summed E-state index contributed by atoms with van der Waals surface area (Å²) in [4.78, 5) is 0. The molecular weight excluding hydrogens is 288 g/mol.